The van der Waals surface area contributed by atoms with Crippen LogP contribution in [0.2, 0.25) is 0 Å². The SMILES string of the molecule is Cc1oc2c3c(ccc2c(=O)c1-c1ccc2c(c1)OCCO2)OCCCO3. The highest BCUT2D eigenvalue weighted by Gasteiger charge is 2.22. The molecule has 6 nitrogen and oxygen atoms in total. The summed E-state index contributed by atoms with van der Waals surface area (Å²) in [6, 6.07) is 8.99. The standard InChI is InChI=1S/C21H18O6/c1-12-18(13-3-5-15-17(11-13)25-10-9-24-15)19(22)14-4-6-16-21(20(14)27-12)26-8-2-7-23-16/h3-6,11H,2,7-10H2,1H3. The Kier molecular flexibility index (Phi) is 3.70. The quantitative estimate of drug-likeness (QED) is 0.654. The topological polar surface area (TPSA) is 67.1 Å². The van der Waals surface area contributed by atoms with Crippen molar-refractivity contribution in [3.63, 3.8) is 0 Å². The second-order valence-corrected chi connectivity index (χ2v) is 6.54. The van der Waals surface area contributed by atoms with Crippen LogP contribution in [-0.4, -0.2) is 26.4 Å². The van der Waals surface area contributed by atoms with Gasteiger partial charge < -0.3 is 23.4 Å². The maximum absolute atomic E-state index is 13.3. The van der Waals surface area contributed by atoms with Gasteiger partial charge in [0.15, 0.2) is 22.8 Å². The molecule has 0 bridgehead atoms. The van der Waals surface area contributed by atoms with E-state index < -0.39 is 0 Å². The van der Waals surface area contributed by atoms with Gasteiger partial charge in [-0.1, -0.05) is 6.07 Å². The Hall–Kier alpha value is -3.15. The summed E-state index contributed by atoms with van der Waals surface area (Å²) < 4.78 is 28.8. The zero-order chi connectivity index (χ0) is 18.4. The number of rotatable bonds is 1. The second-order valence-electron chi connectivity index (χ2n) is 6.54. The number of aryl methyl sites for hydroxylation is 1. The highest BCUT2D eigenvalue weighted by atomic mass is 16.6. The fraction of sp³-hybridized carbons (Fsp3) is 0.286. The Morgan fingerprint density at radius 3 is 2.44 bits per heavy atom. The van der Waals surface area contributed by atoms with Crippen molar-refractivity contribution in [1.82, 2.24) is 0 Å². The molecule has 0 N–H and O–H groups in total. The number of fused-ring (bicyclic) bond motifs is 4. The van der Waals surface area contributed by atoms with Crippen molar-refractivity contribution < 1.29 is 23.4 Å². The summed E-state index contributed by atoms with van der Waals surface area (Å²) in [6.07, 6.45) is 0.786. The van der Waals surface area contributed by atoms with E-state index >= 15 is 0 Å². The van der Waals surface area contributed by atoms with Gasteiger partial charge in [-0.05, 0) is 36.8 Å². The third-order valence-electron chi connectivity index (χ3n) is 4.78. The average molecular weight is 366 g/mol. The Morgan fingerprint density at radius 2 is 1.56 bits per heavy atom. The first-order chi connectivity index (χ1) is 13.2. The maximum Gasteiger partial charge on any atom is 0.205 e. The van der Waals surface area contributed by atoms with Crippen molar-refractivity contribution in [2.24, 2.45) is 0 Å². The van der Waals surface area contributed by atoms with Crippen LogP contribution in [0.4, 0.5) is 0 Å². The van der Waals surface area contributed by atoms with Crippen LogP contribution in [0.25, 0.3) is 22.1 Å². The lowest BCUT2D eigenvalue weighted by Crippen LogP contribution is -2.15. The summed E-state index contributed by atoms with van der Waals surface area (Å²) in [5.41, 5.74) is 1.56. The molecular weight excluding hydrogens is 348 g/mol. The van der Waals surface area contributed by atoms with Crippen LogP contribution < -0.4 is 24.4 Å². The molecule has 0 radical (unpaired) electrons. The van der Waals surface area contributed by atoms with Gasteiger partial charge >= 0.3 is 0 Å². The molecule has 2 aliphatic rings. The van der Waals surface area contributed by atoms with Crippen molar-refractivity contribution in [3.8, 4) is 34.1 Å². The molecule has 0 fully saturated rings. The molecule has 0 spiro atoms. The van der Waals surface area contributed by atoms with Crippen LogP contribution in [0.15, 0.2) is 39.5 Å². The predicted octanol–water partition coefficient (Wildman–Crippen LogP) is 3.70. The molecule has 5 rings (SSSR count). The van der Waals surface area contributed by atoms with E-state index in [-0.39, 0.29) is 5.43 Å². The van der Waals surface area contributed by atoms with Gasteiger partial charge in [0, 0.05) is 6.42 Å². The molecule has 0 saturated heterocycles. The van der Waals surface area contributed by atoms with Crippen LogP contribution in [0.3, 0.4) is 0 Å². The van der Waals surface area contributed by atoms with E-state index in [1.54, 1.807) is 19.1 Å². The normalized spacial score (nSPS) is 15.4. The molecule has 0 unspecified atom stereocenters. The fourth-order valence-electron chi connectivity index (χ4n) is 3.52. The summed E-state index contributed by atoms with van der Waals surface area (Å²) in [7, 11) is 0. The minimum atomic E-state index is -0.110. The largest absolute Gasteiger partial charge is 0.489 e. The van der Waals surface area contributed by atoms with Crippen molar-refractivity contribution >= 4 is 11.0 Å². The molecule has 0 saturated carbocycles. The lowest BCUT2D eigenvalue weighted by molar-refractivity contribution is 0.171. The maximum atomic E-state index is 13.3. The Morgan fingerprint density at radius 1 is 0.815 bits per heavy atom. The highest BCUT2D eigenvalue weighted by Crippen LogP contribution is 2.39. The molecule has 3 aromatic rings. The van der Waals surface area contributed by atoms with E-state index in [4.69, 9.17) is 23.4 Å². The van der Waals surface area contributed by atoms with Gasteiger partial charge in [-0.2, -0.15) is 0 Å². The molecule has 27 heavy (non-hydrogen) atoms. The van der Waals surface area contributed by atoms with Crippen molar-refractivity contribution in [2.75, 3.05) is 26.4 Å². The lowest BCUT2D eigenvalue weighted by atomic mass is 10.0. The smallest absolute Gasteiger partial charge is 0.205 e. The van der Waals surface area contributed by atoms with Crippen molar-refractivity contribution in [1.29, 1.82) is 0 Å². The van der Waals surface area contributed by atoms with Gasteiger partial charge in [-0.15, -0.1) is 0 Å². The number of hydrogen-bond donors (Lipinski definition) is 0. The minimum absolute atomic E-state index is 0.110. The van der Waals surface area contributed by atoms with Crippen LogP contribution in [0.1, 0.15) is 12.2 Å². The van der Waals surface area contributed by atoms with Crippen LogP contribution in [0, 0.1) is 6.92 Å². The molecule has 0 aliphatic carbocycles. The van der Waals surface area contributed by atoms with E-state index in [0.717, 1.165) is 12.0 Å². The van der Waals surface area contributed by atoms with Gasteiger partial charge in [-0.25, -0.2) is 0 Å². The minimum Gasteiger partial charge on any atom is -0.489 e. The molecule has 3 heterocycles. The number of hydrogen-bond acceptors (Lipinski definition) is 6. The lowest BCUT2D eigenvalue weighted by Gasteiger charge is -2.19. The van der Waals surface area contributed by atoms with Gasteiger partial charge in [-0.3, -0.25) is 4.79 Å². The first-order valence-electron chi connectivity index (χ1n) is 8.98. The Bertz CT molecular complexity index is 1100. The van der Waals surface area contributed by atoms with E-state index in [1.807, 2.05) is 18.2 Å². The zero-order valence-electron chi connectivity index (χ0n) is 14.9. The van der Waals surface area contributed by atoms with Crippen molar-refractivity contribution in [2.45, 2.75) is 13.3 Å². The van der Waals surface area contributed by atoms with E-state index in [9.17, 15) is 4.79 Å². The molecule has 2 aromatic carbocycles. The summed E-state index contributed by atoms with van der Waals surface area (Å²) in [5.74, 6) is 2.94. The summed E-state index contributed by atoms with van der Waals surface area (Å²) >= 11 is 0. The van der Waals surface area contributed by atoms with Gasteiger partial charge in [0.05, 0.1) is 24.2 Å². The Labute approximate surface area is 155 Å². The number of benzene rings is 2. The Balaban J connectivity index is 1.71. The van der Waals surface area contributed by atoms with Gasteiger partial charge in [0.2, 0.25) is 11.2 Å². The average Bonchev–Trinajstić information content (AvgIpc) is 2.94. The fourth-order valence-corrected chi connectivity index (χ4v) is 3.52. The predicted molar refractivity (Wildman–Crippen MR) is 99.3 cm³/mol. The summed E-state index contributed by atoms with van der Waals surface area (Å²) in [5, 5.41) is 0.467. The molecular formula is C21H18O6. The molecule has 6 heteroatoms. The van der Waals surface area contributed by atoms with E-state index in [2.05, 4.69) is 0 Å². The monoisotopic (exact) mass is 366 g/mol. The van der Waals surface area contributed by atoms with Crippen LogP contribution in [-0.2, 0) is 0 Å². The number of ether oxygens (including phenoxy) is 4. The van der Waals surface area contributed by atoms with E-state index in [0.29, 0.717) is 71.7 Å². The molecule has 138 valence electrons. The van der Waals surface area contributed by atoms with Crippen molar-refractivity contribution in [3.05, 3.63) is 46.3 Å². The summed E-state index contributed by atoms with van der Waals surface area (Å²) in [4.78, 5) is 13.3. The van der Waals surface area contributed by atoms with Crippen LogP contribution in [0.5, 0.6) is 23.0 Å². The first kappa shape index (κ1) is 16.1. The van der Waals surface area contributed by atoms with Gasteiger partial charge in [0.1, 0.15) is 19.0 Å². The first-order valence-corrected chi connectivity index (χ1v) is 8.98. The van der Waals surface area contributed by atoms with Crippen LogP contribution >= 0.6 is 0 Å². The molecule has 0 amide bonds. The highest BCUT2D eigenvalue weighted by molar-refractivity contribution is 5.89. The second kappa shape index (κ2) is 6.23. The summed E-state index contributed by atoms with van der Waals surface area (Å²) in [6.45, 7) is 3.90. The molecule has 1 aromatic heterocycles. The van der Waals surface area contributed by atoms with Gasteiger partial charge in [0.25, 0.3) is 0 Å². The third-order valence-corrected chi connectivity index (χ3v) is 4.78. The van der Waals surface area contributed by atoms with E-state index in [1.165, 1.54) is 0 Å². The molecule has 2 aliphatic heterocycles. The zero-order valence-corrected chi connectivity index (χ0v) is 14.9. The third kappa shape index (κ3) is 2.60. The molecule has 0 atom stereocenters.